The Hall–Kier alpha value is -12.1. The summed E-state index contributed by atoms with van der Waals surface area (Å²) in [5.41, 5.74) is 35.0. The van der Waals surface area contributed by atoms with Crippen molar-refractivity contribution in [1.29, 1.82) is 0 Å². The summed E-state index contributed by atoms with van der Waals surface area (Å²) < 4.78 is 8.15. The first kappa shape index (κ1) is 87.7. The molecule has 10 N–H and O–H groups in total. The number of guanidine groups is 4. The molecule has 6 amide bonds. The number of fused-ring (bicyclic) bond motifs is 1. The van der Waals surface area contributed by atoms with Crippen LogP contribution in [0.3, 0.4) is 0 Å². The van der Waals surface area contributed by atoms with Gasteiger partial charge in [0.15, 0.2) is 29.4 Å². The number of nitrogens with zero attached hydrogens (tertiary/aromatic N) is 11. The van der Waals surface area contributed by atoms with Crippen LogP contribution in [0.5, 0.6) is 5.75 Å². The van der Waals surface area contributed by atoms with Crippen molar-refractivity contribution in [2.24, 2.45) is 42.9 Å². The molecule has 0 radical (unpaired) electrons. The molecule has 0 unspecified atom stereocenters. The van der Waals surface area contributed by atoms with E-state index in [4.69, 9.17) is 42.6 Å². The number of halogens is 2. The number of thiophene rings is 3. The highest BCUT2D eigenvalue weighted by Crippen LogP contribution is 2.50. The minimum Gasteiger partial charge on any atom is -0.497 e. The van der Waals surface area contributed by atoms with E-state index in [1.165, 1.54) is 35.4 Å². The van der Waals surface area contributed by atoms with Crippen LogP contribution >= 0.6 is 65.9 Å². The number of unbranched alkanes of at least 4 members (excludes halogenated alkanes) is 1. The highest BCUT2D eigenvalue weighted by Gasteiger charge is 2.52. The summed E-state index contributed by atoms with van der Waals surface area (Å²) in [5.74, 6) is 1.31. The Bertz CT molecular complexity index is 5710. The topological polar surface area (TPSA) is 324 Å². The van der Waals surface area contributed by atoms with E-state index in [1.54, 1.807) is 105 Å². The van der Waals surface area contributed by atoms with Gasteiger partial charge in [0.1, 0.15) is 16.8 Å². The van der Waals surface area contributed by atoms with Crippen molar-refractivity contribution in [2.75, 3.05) is 46.7 Å². The van der Waals surface area contributed by atoms with E-state index in [0.717, 1.165) is 91.0 Å². The lowest BCUT2D eigenvalue weighted by molar-refractivity contribution is -0.131. The standard InChI is InChI=1S/C27H29N5O3.2C24H25BrN4OS.C19H18N4OS/c1-35-23-16-14-22(15-17-23)30-26(34)29-18-8-9-19-32-24(33)27(31-25(32)28,20-10-4-2-5-11-20)21-12-6-3-7-13-21;2*1-14(2)15-5-7-16(8-6-15)21-22(30)29(4)23(26)28-24(21,3)20-10-18(13-31-20)17-9-19(25)12-27-11-17;1-19(9-17(24)23(2)18(20)22-19)13-5-6-16-14(8-13)15(11-25-16)12-4-3-7-21-10-12/h2-7,10-17H,8-9,18-19H2,1H3,(H2,28,31)(H2,29,30,34);2*5-14,21H,1-4H3,(H2,26,28);3-8,10-11H,9H2,1-2H3,(H2,20,22)/t;21-,24+;21-,24-;19-/m.010/s1. The second-order valence-electron chi connectivity index (χ2n) is 31.4. The molecule has 6 aromatic carbocycles. The molecule has 6 aromatic heterocycles. The molecule has 0 saturated carbocycles. The fourth-order valence-electron chi connectivity index (χ4n) is 15.3. The molecule has 10 heterocycles. The lowest BCUT2D eigenvalue weighted by Gasteiger charge is -2.40. The first-order valence-electron chi connectivity index (χ1n) is 39.8. The molecular formula is C94H97Br2N17O6S3. The monoisotopic (exact) mass is 1810 g/mol. The van der Waals surface area contributed by atoms with Gasteiger partial charge < -0.3 is 38.3 Å². The molecule has 5 atom stereocenters. The number of amides is 6. The number of likely N-dealkylation sites (N-methyl/N-ethyl adjacent to an activating group) is 2. The SMILES string of the molecule is CC(C)c1ccc([C@@H]2C(=O)N(C)C(N)=N[C@]2(C)c2cc(-c3cncc(Br)c3)cs2)cc1.CC(C)c1ccc([C@H]2C(=O)N(C)C(N)=N[C@]2(C)c2cc(-c3cncc(Br)c3)cs2)cc1.CN1C(=O)C[C@@](C)(c2ccc3scc(-c4cccnc4)c3c2)N=C1N.COc1ccc(NC(=O)NCCCCN2C(=O)C(c3ccccc3)(c3ccccc3)N=C2N)cc1. The van der Waals surface area contributed by atoms with Gasteiger partial charge in [0.2, 0.25) is 17.7 Å². The predicted molar refractivity (Wildman–Crippen MR) is 498 cm³/mol. The fraction of sp³-hybridized carbons (Fsp3) is 0.255. The quantitative estimate of drug-likeness (QED) is 0.0411. The van der Waals surface area contributed by atoms with Crippen LogP contribution in [-0.4, -0.2) is 129 Å². The normalized spacial score (nSPS) is 19.3. The van der Waals surface area contributed by atoms with Crippen molar-refractivity contribution < 1.29 is 28.7 Å². The first-order chi connectivity index (χ1) is 58.4. The molecule has 0 fully saturated rings. The Morgan fingerprint density at radius 2 is 1.03 bits per heavy atom. The van der Waals surface area contributed by atoms with Gasteiger partial charge in [-0.2, -0.15) is 0 Å². The number of aliphatic imine (C=N–C) groups is 4. The van der Waals surface area contributed by atoms with Gasteiger partial charge >= 0.3 is 6.03 Å². The minimum absolute atomic E-state index is 0.0205. The summed E-state index contributed by atoms with van der Waals surface area (Å²) >= 11 is 11.9. The zero-order valence-electron chi connectivity index (χ0n) is 69.6. The third kappa shape index (κ3) is 18.7. The second kappa shape index (κ2) is 37.5. The number of nitrogens with two attached hydrogens (primary N) is 4. The Morgan fingerprint density at radius 3 is 1.51 bits per heavy atom. The highest BCUT2D eigenvalue weighted by molar-refractivity contribution is 9.10. The Kier molecular flexibility index (Phi) is 27.0. The largest absolute Gasteiger partial charge is 0.497 e. The van der Waals surface area contributed by atoms with Gasteiger partial charge in [0, 0.05) is 128 Å². The van der Waals surface area contributed by atoms with Crippen molar-refractivity contribution in [1.82, 2.24) is 39.9 Å². The molecule has 16 rings (SSSR count). The van der Waals surface area contributed by atoms with E-state index in [-0.39, 0.29) is 53.5 Å². The number of anilines is 1. The highest BCUT2D eigenvalue weighted by atomic mass is 79.9. The van der Waals surface area contributed by atoms with E-state index in [2.05, 4.69) is 161 Å². The van der Waals surface area contributed by atoms with Crippen LogP contribution in [0.1, 0.15) is 140 Å². The number of hydrogen-bond acceptors (Lipinski definition) is 20. The van der Waals surface area contributed by atoms with Gasteiger partial charge in [-0.25, -0.2) is 24.8 Å². The number of urea groups is 1. The van der Waals surface area contributed by atoms with Crippen molar-refractivity contribution in [3.63, 3.8) is 0 Å². The van der Waals surface area contributed by atoms with Crippen molar-refractivity contribution in [3.05, 3.63) is 299 Å². The number of ether oxygens (including phenoxy) is 1. The summed E-state index contributed by atoms with van der Waals surface area (Å²) in [6.45, 7) is 15.5. The van der Waals surface area contributed by atoms with E-state index in [9.17, 15) is 24.0 Å². The molecule has 28 heteroatoms. The molecule has 12 aromatic rings. The zero-order valence-corrected chi connectivity index (χ0v) is 75.2. The molecule has 23 nitrogen and oxygen atoms in total. The lowest BCUT2D eigenvalue weighted by Crippen LogP contribution is -2.52. The molecule has 626 valence electrons. The Morgan fingerprint density at radius 1 is 0.525 bits per heavy atom. The number of nitrogens with one attached hydrogen (secondary N) is 2. The number of carbonyl (C=O) groups is 5. The number of benzene rings is 6. The first-order valence-corrected chi connectivity index (χ1v) is 44.0. The molecule has 4 aliphatic heterocycles. The molecule has 4 aliphatic rings. The van der Waals surface area contributed by atoms with E-state index in [1.807, 2.05) is 149 Å². The third-order valence-electron chi connectivity index (χ3n) is 22.5. The number of aromatic nitrogens is 3. The van der Waals surface area contributed by atoms with Crippen LogP contribution in [0.4, 0.5) is 10.5 Å². The predicted octanol–water partition coefficient (Wildman–Crippen LogP) is 18.0. The van der Waals surface area contributed by atoms with Crippen molar-refractivity contribution >= 4 is 135 Å². The van der Waals surface area contributed by atoms with Gasteiger partial charge in [0.25, 0.3) is 5.91 Å². The van der Waals surface area contributed by atoms with Gasteiger partial charge in [-0.15, -0.1) is 34.0 Å². The maximum Gasteiger partial charge on any atom is 0.319 e. The van der Waals surface area contributed by atoms with E-state index < -0.39 is 34.0 Å². The van der Waals surface area contributed by atoms with Crippen LogP contribution in [0.15, 0.2) is 270 Å². The second-order valence-corrected chi connectivity index (χ2v) is 35.9. The molecule has 0 aliphatic carbocycles. The smallest absolute Gasteiger partial charge is 0.319 e. The zero-order chi connectivity index (χ0) is 87.0. The Labute approximate surface area is 739 Å². The number of rotatable bonds is 19. The number of methoxy groups -OCH3 is 1. The average molecular weight is 1820 g/mol. The number of hydrogen-bond donors (Lipinski definition) is 6. The molecular weight excluding hydrogens is 1720 g/mol. The van der Waals surface area contributed by atoms with Crippen molar-refractivity contribution in [3.8, 4) is 39.1 Å². The summed E-state index contributed by atoms with van der Waals surface area (Å²) in [6, 6.07) is 60.9. The van der Waals surface area contributed by atoms with Crippen LogP contribution in [0.2, 0.25) is 0 Å². The summed E-state index contributed by atoms with van der Waals surface area (Å²) in [6.07, 6.45) is 12.5. The van der Waals surface area contributed by atoms with Gasteiger partial charge in [-0.05, 0) is 210 Å². The summed E-state index contributed by atoms with van der Waals surface area (Å²) in [5, 5.41) is 13.1. The maximum absolute atomic E-state index is 13.7. The molecule has 0 spiro atoms. The van der Waals surface area contributed by atoms with E-state index in [0.29, 0.717) is 49.9 Å². The van der Waals surface area contributed by atoms with Crippen LogP contribution < -0.4 is 38.3 Å². The van der Waals surface area contributed by atoms with Gasteiger partial charge in [-0.1, -0.05) is 149 Å². The third-order valence-corrected chi connectivity index (χ3v) is 26.6. The minimum atomic E-state index is -1.19. The van der Waals surface area contributed by atoms with E-state index >= 15 is 0 Å². The molecule has 0 bridgehead atoms. The summed E-state index contributed by atoms with van der Waals surface area (Å²) in [7, 11) is 6.61. The lowest BCUT2D eigenvalue weighted by atomic mass is 9.77. The fourth-order valence-corrected chi connectivity index (χ4v) is 19.1. The van der Waals surface area contributed by atoms with Gasteiger partial charge in [-0.3, -0.25) is 53.7 Å². The van der Waals surface area contributed by atoms with Crippen LogP contribution in [-0.2, 0) is 41.3 Å². The van der Waals surface area contributed by atoms with Crippen LogP contribution in [0, 0.1) is 0 Å². The van der Waals surface area contributed by atoms with Crippen LogP contribution in [0.25, 0.3) is 43.5 Å². The summed E-state index contributed by atoms with van der Waals surface area (Å²) in [4.78, 5) is 104. The Balaban J connectivity index is 0.000000141. The van der Waals surface area contributed by atoms with Gasteiger partial charge in [0.05, 0.1) is 30.9 Å². The number of pyridine rings is 3. The molecule has 0 saturated heterocycles. The number of carbonyl (C=O) groups excluding carboxylic acids is 5. The molecule has 122 heavy (non-hydrogen) atoms. The van der Waals surface area contributed by atoms with Crippen molar-refractivity contribution in [2.45, 2.75) is 114 Å². The average Bonchev–Trinajstić information content (AvgIpc) is 1.38. The maximum atomic E-state index is 13.7.